The molecule has 0 saturated carbocycles. The molecule has 2 aromatic heterocycles. The zero-order valence-electron chi connectivity index (χ0n) is 14.2. The molecular formula is C21H20N2O2. The Labute approximate surface area is 146 Å². The van der Waals surface area contributed by atoms with Crippen LogP contribution in [0.5, 0.6) is 0 Å². The third kappa shape index (κ3) is 2.72. The number of hydrogen-bond acceptors (Lipinski definition) is 4. The third-order valence-electron chi connectivity index (χ3n) is 5.04. The van der Waals surface area contributed by atoms with Crippen LogP contribution in [0.15, 0.2) is 57.4 Å². The minimum absolute atomic E-state index is 0.358. The number of hydrogen-bond donors (Lipinski definition) is 0. The molecule has 25 heavy (non-hydrogen) atoms. The van der Waals surface area contributed by atoms with Crippen LogP contribution in [0.1, 0.15) is 29.6 Å². The SMILES string of the molecule is Cc1ccc2oc(C3CCN(Cc4cc5ccccc5o4)C3)nc2c1. The minimum Gasteiger partial charge on any atom is -0.460 e. The van der Waals surface area contributed by atoms with Crippen molar-refractivity contribution in [1.82, 2.24) is 9.88 Å². The Bertz CT molecular complexity index is 1010. The Kier molecular flexibility index (Phi) is 3.38. The standard InChI is InChI=1S/C21H20N2O2/c1-14-6-7-20-18(10-14)22-21(25-20)16-8-9-23(12-16)13-17-11-15-4-2-3-5-19(15)24-17/h2-7,10-11,16H,8-9,12-13H2,1H3. The highest BCUT2D eigenvalue weighted by Gasteiger charge is 2.28. The second-order valence-corrected chi connectivity index (χ2v) is 6.99. The van der Waals surface area contributed by atoms with Gasteiger partial charge in [0.15, 0.2) is 11.5 Å². The number of nitrogens with zero attached hydrogens (tertiary/aromatic N) is 2. The topological polar surface area (TPSA) is 42.4 Å². The lowest BCUT2D eigenvalue weighted by Gasteiger charge is -2.12. The minimum atomic E-state index is 0.358. The number of aryl methyl sites for hydroxylation is 1. The van der Waals surface area contributed by atoms with Crippen molar-refractivity contribution in [3.63, 3.8) is 0 Å². The van der Waals surface area contributed by atoms with Gasteiger partial charge >= 0.3 is 0 Å². The zero-order chi connectivity index (χ0) is 16.8. The number of likely N-dealkylation sites (tertiary alicyclic amines) is 1. The molecule has 3 heterocycles. The van der Waals surface area contributed by atoms with Crippen LogP contribution in [0.25, 0.3) is 22.1 Å². The van der Waals surface area contributed by atoms with Crippen LogP contribution in [-0.4, -0.2) is 23.0 Å². The molecule has 0 bridgehead atoms. The Balaban J connectivity index is 1.33. The molecule has 0 spiro atoms. The van der Waals surface area contributed by atoms with E-state index in [0.29, 0.717) is 5.92 Å². The largest absolute Gasteiger partial charge is 0.460 e. The van der Waals surface area contributed by atoms with Crippen LogP contribution in [0.2, 0.25) is 0 Å². The quantitative estimate of drug-likeness (QED) is 0.537. The molecular weight excluding hydrogens is 312 g/mol. The number of para-hydroxylation sites is 1. The van der Waals surface area contributed by atoms with Gasteiger partial charge in [-0.15, -0.1) is 0 Å². The van der Waals surface area contributed by atoms with Crippen LogP contribution < -0.4 is 0 Å². The number of fused-ring (bicyclic) bond motifs is 2. The molecule has 4 nitrogen and oxygen atoms in total. The van der Waals surface area contributed by atoms with Gasteiger partial charge in [-0.05, 0) is 49.7 Å². The van der Waals surface area contributed by atoms with E-state index in [0.717, 1.165) is 54.4 Å². The molecule has 1 atom stereocenters. The maximum absolute atomic E-state index is 5.99. The summed E-state index contributed by atoms with van der Waals surface area (Å²) in [6.45, 7) is 4.92. The smallest absolute Gasteiger partial charge is 0.199 e. The van der Waals surface area contributed by atoms with Gasteiger partial charge in [-0.1, -0.05) is 24.3 Å². The van der Waals surface area contributed by atoms with Gasteiger partial charge in [0.1, 0.15) is 16.9 Å². The Morgan fingerprint density at radius 2 is 2.00 bits per heavy atom. The van der Waals surface area contributed by atoms with Crippen molar-refractivity contribution in [2.75, 3.05) is 13.1 Å². The van der Waals surface area contributed by atoms with Crippen LogP contribution >= 0.6 is 0 Å². The molecule has 0 aliphatic carbocycles. The summed E-state index contributed by atoms with van der Waals surface area (Å²) < 4.78 is 11.9. The van der Waals surface area contributed by atoms with Gasteiger partial charge in [0.25, 0.3) is 0 Å². The maximum atomic E-state index is 5.99. The Morgan fingerprint density at radius 3 is 2.92 bits per heavy atom. The summed E-state index contributed by atoms with van der Waals surface area (Å²) in [5.41, 5.74) is 4.02. The first-order valence-corrected chi connectivity index (χ1v) is 8.81. The summed E-state index contributed by atoms with van der Waals surface area (Å²) in [6.07, 6.45) is 1.08. The van der Waals surface area contributed by atoms with Crippen molar-refractivity contribution in [2.45, 2.75) is 25.8 Å². The molecule has 4 heteroatoms. The fourth-order valence-electron chi connectivity index (χ4n) is 3.74. The highest BCUT2D eigenvalue weighted by Crippen LogP contribution is 2.31. The Morgan fingerprint density at radius 1 is 1.08 bits per heavy atom. The first-order chi connectivity index (χ1) is 12.2. The molecule has 0 N–H and O–H groups in total. The second kappa shape index (κ2) is 5.74. The summed E-state index contributed by atoms with van der Waals surface area (Å²) in [4.78, 5) is 7.13. The average Bonchev–Trinajstić information content (AvgIpc) is 3.31. The molecule has 1 saturated heterocycles. The first kappa shape index (κ1) is 14.7. The number of rotatable bonds is 3. The van der Waals surface area contributed by atoms with Gasteiger partial charge in [0, 0.05) is 17.8 Å². The van der Waals surface area contributed by atoms with E-state index in [1.165, 1.54) is 10.9 Å². The summed E-state index contributed by atoms with van der Waals surface area (Å²) in [6, 6.07) is 16.5. The summed E-state index contributed by atoms with van der Waals surface area (Å²) in [5, 5.41) is 1.17. The zero-order valence-corrected chi connectivity index (χ0v) is 14.2. The normalized spacial score (nSPS) is 18.5. The van der Waals surface area contributed by atoms with Crippen molar-refractivity contribution in [3.05, 3.63) is 65.7 Å². The fraction of sp³-hybridized carbons (Fsp3) is 0.286. The van der Waals surface area contributed by atoms with Crippen LogP contribution in [0.3, 0.4) is 0 Å². The summed E-state index contributed by atoms with van der Waals surface area (Å²) >= 11 is 0. The van der Waals surface area contributed by atoms with Gasteiger partial charge in [-0.2, -0.15) is 0 Å². The molecule has 0 radical (unpaired) electrons. The van der Waals surface area contributed by atoms with Gasteiger partial charge < -0.3 is 8.83 Å². The predicted octanol–water partition coefficient (Wildman–Crippen LogP) is 4.87. The van der Waals surface area contributed by atoms with Gasteiger partial charge in [0.05, 0.1) is 6.54 Å². The lowest BCUT2D eigenvalue weighted by Crippen LogP contribution is -2.19. The maximum Gasteiger partial charge on any atom is 0.199 e. The van der Waals surface area contributed by atoms with E-state index in [9.17, 15) is 0 Å². The highest BCUT2D eigenvalue weighted by molar-refractivity contribution is 5.77. The van der Waals surface area contributed by atoms with Crippen LogP contribution in [0, 0.1) is 6.92 Å². The summed E-state index contributed by atoms with van der Waals surface area (Å²) in [5.74, 6) is 2.25. The van der Waals surface area contributed by atoms with Gasteiger partial charge in [-0.3, -0.25) is 4.90 Å². The molecule has 126 valence electrons. The van der Waals surface area contributed by atoms with Crippen molar-refractivity contribution in [3.8, 4) is 0 Å². The molecule has 4 aromatic rings. The number of oxazole rings is 1. The number of benzene rings is 2. The molecule has 1 aliphatic rings. The van der Waals surface area contributed by atoms with Crippen molar-refractivity contribution in [1.29, 1.82) is 0 Å². The molecule has 0 amide bonds. The third-order valence-corrected chi connectivity index (χ3v) is 5.04. The van der Waals surface area contributed by atoms with Crippen molar-refractivity contribution >= 4 is 22.1 Å². The monoisotopic (exact) mass is 332 g/mol. The van der Waals surface area contributed by atoms with Crippen molar-refractivity contribution < 1.29 is 8.83 Å². The second-order valence-electron chi connectivity index (χ2n) is 6.99. The fourth-order valence-corrected chi connectivity index (χ4v) is 3.74. The molecule has 2 aromatic carbocycles. The van der Waals surface area contributed by atoms with E-state index in [1.807, 2.05) is 24.3 Å². The first-order valence-electron chi connectivity index (χ1n) is 8.81. The molecule has 5 rings (SSSR count). The van der Waals surface area contributed by atoms with E-state index in [2.05, 4.69) is 36.1 Å². The van der Waals surface area contributed by atoms with E-state index >= 15 is 0 Å². The molecule has 1 fully saturated rings. The van der Waals surface area contributed by atoms with Crippen LogP contribution in [0.4, 0.5) is 0 Å². The molecule has 1 unspecified atom stereocenters. The molecule has 1 aliphatic heterocycles. The van der Waals surface area contributed by atoms with Crippen molar-refractivity contribution in [2.24, 2.45) is 0 Å². The van der Waals surface area contributed by atoms with Crippen LogP contribution in [-0.2, 0) is 6.54 Å². The number of furan rings is 1. The van der Waals surface area contributed by atoms with E-state index in [-0.39, 0.29) is 0 Å². The Hall–Kier alpha value is -2.59. The predicted molar refractivity (Wildman–Crippen MR) is 97.6 cm³/mol. The lowest BCUT2D eigenvalue weighted by atomic mass is 10.1. The van der Waals surface area contributed by atoms with E-state index in [1.54, 1.807) is 0 Å². The van der Waals surface area contributed by atoms with Gasteiger partial charge in [-0.25, -0.2) is 4.98 Å². The summed E-state index contributed by atoms with van der Waals surface area (Å²) in [7, 11) is 0. The highest BCUT2D eigenvalue weighted by atomic mass is 16.3. The van der Waals surface area contributed by atoms with Gasteiger partial charge in [0.2, 0.25) is 0 Å². The average molecular weight is 332 g/mol. The number of aromatic nitrogens is 1. The lowest BCUT2D eigenvalue weighted by molar-refractivity contribution is 0.294. The van der Waals surface area contributed by atoms with E-state index in [4.69, 9.17) is 13.8 Å². The van der Waals surface area contributed by atoms with E-state index < -0.39 is 0 Å².